The van der Waals surface area contributed by atoms with E-state index in [2.05, 4.69) is 0 Å². The predicted octanol–water partition coefficient (Wildman–Crippen LogP) is 2.01. The molecule has 0 aromatic heterocycles. The van der Waals surface area contributed by atoms with Crippen molar-refractivity contribution in [1.29, 1.82) is 0 Å². The Labute approximate surface area is 120 Å². The van der Waals surface area contributed by atoms with Gasteiger partial charge in [-0.15, -0.1) is 0 Å². The molecule has 0 heterocycles. The van der Waals surface area contributed by atoms with Gasteiger partial charge in [0.1, 0.15) is 11.3 Å². The van der Waals surface area contributed by atoms with Crippen molar-refractivity contribution in [2.24, 2.45) is 0 Å². The number of hydrogen-bond donors (Lipinski definition) is 1. The molecule has 0 radical (unpaired) electrons. The number of esters is 1. The van der Waals surface area contributed by atoms with E-state index in [4.69, 9.17) is 14.6 Å². The first-order chi connectivity index (χ1) is 9.90. The molecule has 114 valence electrons. The van der Waals surface area contributed by atoms with Crippen LogP contribution in [0.5, 0.6) is 5.75 Å². The van der Waals surface area contributed by atoms with Crippen molar-refractivity contribution < 1.29 is 29.1 Å². The van der Waals surface area contributed by atoms with E-state index in [0.29, 0.717) is 0 Å². The molecule has 0 aliphatic rings. The number of benzene rings is 1. The summed E-state index contributed by atoms with van der Waals surface area (Å²) in [5, 5.41) is 19.7. The molecule has 0 saturated heterocycles. The van der Waals surface area contributed by atoms with Crippen LogP contribution in [0.15, 0.2) is 18.2 Å². The van der Waals surface area contributed by atoms with E-state index in [1.54, 1.807) is 13.8 Å². The van der Waals surface area contributed by atoms with Crippen molar-refractivity contribution in [2.75, 3.05) is 6.61 Å². The average Bonchev–Trinajstić information content (AvgIpc) is 2.44. The summed E-state index contributed by atoms with van der Waals surface area (Å²) in [5.74, 6) is -2.12. The number of ether oxygens (including phenoxy) is 2. The van der Waals surface area contributed by atoms with Crippen LogP contribution < -0.4 is 4.74 Å². The molecule has 0 saturated carbocycles. The van der Waals surface area contributed by atoms with Gasteiger partial charge in [0.25, 0.3) is 5.69 Å². The number of nitro benzene ring substituents is 1. The second kappa shape index (κ2) is 7.22. The van der Waals surface area contributed by atoms with Gasteiger partial charge in [0, 0.05) is 12.1 Å². The van der Waals surface area contributed by atoms with Gasteiger partial charge in [0.15, 0.2) is 6.10 Å². The van der Waals surface area contributed by atoms with Crippen molar-refractivity contribution in [3.05, 3.63) is 33.9 Å². The highest BCUT2D eigenvalue weighted by Crippen LogP contribution is 2.25. The second-order valence-corrected chi connectivity index (χ2v) is 4.01. The molecule has 0 aliphatic heterocycles. The van der Waals surface area contributed by atoms with Crippen molar-refractivity contribution in [3.63, 3.8) is 0 Å². The first-order valence-electron chi connectivity index (χ1n) is 6.25. The minimum Gasteiger partial charge on any atom is -0.478 e. The summed E-state index contributed by atoms with van der Waals surface area (Å²) in [6.07, 6.45) is -0.695. The monoisotopic (exact) mass is 297 g/mol. The maximum Gasteiger partial charge on any atom is 0.347 e. The SMILES string of the molecule is CCOC(=O)C(CC)Oc1ccc([N+](=O)[O-])cc1C(=O)O. The molecule has 0 amide bonds. The molecule has 1 atom stereocenters. The molecule has 0 aliphatic carbocycles. The summed E-state index contributed by atoms with van der Waals surface area (Å²) >= 11 is 0. The Kier molecular flexibility index (Phi) is 5.65. The molecule has 21 heavy (non-hydrogen) atoms. The molecule has 0 spiro atoms. The molecule has 0 bridgehead atoms. The Hall–Kier alpha value is -2.64. The number of carbonyl (C=O) groups excluding carboxylic acids is 1. The molecule has 1 aromatic carbocycles. The highest BCUT2D eigenvalue weighted by Gasteiger charge is 2.24. The number of nitrogens with zero attached hydrogens (tertiary/aromatic N) is 1. The predicted molar refractivity (Wildman–Crippen MR) is 71.4 cm³/mol. The summed E-state index contributed by atoms with van der Waals surface area (Å²) in [7, 11) is 0. The van der Waals surface area contributed by atoms with Gasteiger partial charge in [-0.25, -0.2) is 9.59 Å². The molecule has 8 heteroatoms. The lowest BCUT2D eigenvalue weighted by molar-refractivity contribution is -0.384. The van der Waals surface area contributed by atoms with Gasteiger partial charge in [-0.3, -0.25) is 10.1 Å². The number of carboxylic acids is 1. The smallest absolute Gasteiger partial charge is 0.347 e. The van der Waals surface area contributed by atoms with E-state index in [0.717, 1.165) is 18.2 Å². The fourth-order valence-electron chi connectivity index (χ4n) is 1.59. The Morgan fingerprint density at radius 1 is 1.38 bits per heavy atom. The van der Waals surface area contributed by atoms with Crippen molar-refractivity contribution >= 4 is 17.6 Å². The van der Waals surface area contributed by atoms with Gasteiger partial charge in [-0.2, -0.15) is 0 Å². The Balaban J connectivity index is 3.09. The van der Waals surface area contributed by atoms with Crippen molar-refractivity contribution in [3.8, 4) is 5.75 Å². The van der Waals surface area contributed by atoms with Gasteiger partial charge in [0.2, 0.25) is 0 Å². The van der Waals surface area contributed by atoms with E-state index in [9.17, 15) is 19.7 Å². The highest BCUT2D eigenvalue weighted by atomic mass is 16.6. The van der Waals surface area contributed by atoms with Crippen molar-refractivity contribution in [1.82, 2.24) is 0 Å². The van der Waals surface area contributed by atoms with Crippen LogP contribution in [0, 0.1) is 10.1 Å². The lowest BCUT2D eigenvalue weighted by atomic mass is 10.1. The van der Waals surface area contributed by atoms with Crippen LogP contribution in [0.1, 0.15) is 30.6 Å². The third kappa shape index (κ3) is 4.16. The fraction of sp³-hybridized carbons (Fsp3) is 0.385. The third-order valence-corrected chi connectivity index (χ3v) is 2.59. The maximum absolute atomic E-state index is 11.6. The summed E-state index contributed by atoms with van der Waals surface area (Å²) < 4.78 is 10.1. The molecule has 1 unspecified atom stereocenters. The van der Waals surface area contributed by atoms with E-state index in [1.807, 2.05) is 0 Å². The Morgan fingerprint density at radius 2 is 2.05 bits per heavy atom. The zero-order valence-electron chi connectivity index (χ0n) is 11.6. The number of carboxylic acid groups (broad SMARTS) is 1. The van der Waals surface area contributed by atoms with Gasteiger partial charge < -0.3 is 14.6 Å². The molecule has 1 rings (SSSR count). The van der Waals surface area contributed by atoms with Crippen LogP contribution in [0.2, 0.25) is 0 Å². The Bertz CT molecular complexity index is 555. The fourth-order valence-corrected chi connectivity index (χ4v) is 1.59. The summed E-state index contributed by atoms with van der Waals surface area (Å²) in [4.78, 5) is 32.7. The molecule has 1 N–H and O–H groups in total. The van der Waals surface area contributed by atoms with Crippen LogP contribution in [0.4, 0.5) is 5.69 Å². The van der Waals surface area contributed by atoms with E-state index >= 15 is 0 Å². The zero-order valence-corrected chi connectivity index (χ0v) is 11.6. The van der Waals surface area contributed by atoms with E-state index in [1.165, 1.54) is 0 Å². The standard InChI is InChI=1S/C13H15NO7/c1-3-10(13(17)20-4-2)21-11-6-5-8(14(18)19)7-9(11)12(15)16/h5-7,10H,3-4H2,1-2H3,(H,15,16). The lowest BCUT2D eigenvalue weighted by Gasteiger charge is -2.17. The van der Waals surface area contributed by atoms with Crippen LogP contribution in [-0.4, -0.2) is 34.7 Å². The van der Waals surface area contributed by atoms with E-state index < -0.39 is 23.0 Å². The quantitative estimate of drug-likeness (QED) is 0.465. The van der Waals surface area contributed by atoms with Gasteiger partial charge in [-0.1, -0.05) is 6.92 Å². The first kappa shape index (κ1) is 16.4. The lowest BCUT2D eigenvalue weighted by Crippen LogP contribution is -2.29. The van der Waals surface area contributed by atoms with Gasteiger partial charge in [-0.05, 0) is 19.4 Å². The normalized spacial score (nSPS) is 11.5. The van der Waals surface area contributed by atoms with Gasteiger partial charge in [0.05, 0.1) is 11.5 Å². The minimum atomic E-state index is -1.38. The van der Waals surface area contributed by atoms with Crippen LogP contribution >= 0.6 is 0 Å². The number of aromatic carboxylic acids is 1. The first-order valence-corrected chi connectivity index (χ1v) is 6.25. The molecular formula is C13H15NO7. The molecule has 1 aromatic rings. The van der Waals surface area contributed by atoms with Crippen molar-refractivity contribution in [2.45, 2.75) is 26.4 Å². The van der Waals surface area contributed by atoms with Crippen LogP contribution in [-0.2, 0) is 9.53 Å². The summed E-state index contributed by atoms with van der Waals surface area (Å²) in [5.41, 5.74) is -0.754. The second-order valence-electron chi connectivity index (χ2n) is 4.01. The number of hydrogen-bond acceptors (Lipinski definition) is 6. The number of rotatable bonds is 7. The zero-order chi connectivity index (χ0) is 16.0. The maximum atomic E-state index is 11.6. The number of nitro groups is 1. The van der Waals surface area contributed by atoms with Crippen LogP contribution in [0.3, 0.4) is 0 Å². The largest absolute Gasteiger partial charge is 0.478 e. The number of carbonyl (C=O) groups is 2. The van der Waals surface area contributed by atoms with Gasteiger partial charge >= 0.3 is 11.9 Å². The molecule has 0 fully saturated rings. The summed E-state index contributed by atoms with van der Waals surface area (Å²) in [6, 6.07) is 3.15. The minimum absolute atomic E-state index is 0.118. The van der Waals surface area contributed by atoms with Crippen LogP contribution in [0.25, 0.3) is 0 Å². The number of non-ortho nitro benzene ring substituents is 1. The Morgan fingerprint density at radius 3 is 2.52 bits per heavy atom. The van der Waals surface area contributed by atoms with E-state index in [-0.39, 0.29) is 30.0 Å². The molecule has 8 nitrogen and oxygen atoms in total. The topological polar surface area (TPSA) is 116 Å². The average molecular weight is 297 g/mol. The third-order valence-electron chi connectivity index (χ3n) is 2.59. The molecular weight excluding hydrogens is 282 g/mol. The summed E-state index contributed by atoms with van der Waals surface area (Å²) in [6.45, 7) is 3.48. The highest BCUT2D eigenvalue weighted by molar-refractivity contribution is 5.92.